The van der Waals surface area contributed by atoms with Crippen molar-refractivity contribution in [2.75, 3.05) is 18.0 Å². The van der Waals surface area contributed by atoms with Crippen LogP contribution in [0.5, 0.6) is 0 Å². The van der Waals surface area contributed by atoms with E-state index in [-0.39, 0.29) is 6.10 Å². The number of aliphatic hydroxyl groups excluding tert-OH is 1. The van der Waals surface area contributed by atoms with Crippen LogP contribution in [0, 0.1) is 11.8 Å². The number of hydrogen-bond donors (Lipinski definition) is 1. The number of hydrogen-bond acceptors (Lipinski definition) is 3. The van der Waals surface area contributed by atoms with Gasteiger partial charge in [0.1, 0.15) is 5.82 Å². The van der Waals surface area contributed by atoms with E-state index in [1.54, 1.807) is 0 Å². The number of fused-ring (bicyclic) bond motifs is 1. The fourth-order valence-corrected chi connectivity index (χ4v) is 3.22. The molecule has 0 radical (unpaired) electrons. The molecule has 3 rings (SSSR count). The Bertz CT molecular complexity index is 450. The maximum absolute atomic E-state index is 10.1. The third-order valence-electron chi connectivity index (χ3n) is 4.53. The molecular formula is C16H24N2O. The number of rotatable bonds is 5. The van der Waals surface area contributed by atoms with Gasteiger partial charge in [-0.05, 0) is 37.2 Å². The molecule has 1 aliphatic heterocycles. The molecule has 1 aromatic heterocycles. The number of aromatic nitrogens is 1. The SMILES string of the molecule is CCCc1nc(N2CC3CC3C2)ccc1C(O)CC. The van der Waals surface area contributed by atoms with Crippen LogP contribution in [0.15, 0.2) is 12.1 Å². The topological polar surface area (TPSA) is 36.4 Å². The summed E-state index contributed by atoms with van der Waals surface area (Å²) in [5, 5.41) is 10.1. The van der Waals surface area contributed by atoms with Crippen molar-refractivity contribution in [3.8, 4) is 0 Å². The summed E-state index contributed by atoms with van der Waals surface area (Å²) in [6.45, 7) is 6.54. The lowest BCUT2D eigenvalue weighted by Gasteiger charge is -2.22. The Balaban J connectivity index is 1.84. The van der Waals surface area contributed by atoms with Crippen LogP contribution < -0.4 is 4.90 Å². The highest BCUT2D eigenvalue weighted by Crippen LogP contribution is 2.46. The summed E-state index contributed by atoms with van der Waals surface area (Å²) in [5.41, 5.74) is 2.12. The third-order valence-corrected chi connectivity index (χ3v) is 4.53. The molecule has 0 spiro atoms. The molecule has 0 bridgehead atoms. The quantitative estimate of drug-likeness (QED) is 0.884. The molecule has 0 amide bonds. The summed E-state index contributed by atoms with van der Waals surface area (Å²) in [7, 11) is 0. The first kappa shape index (κ1) is 12.9. The number of piperidine rings is 1. The molecule has 3 unspecified atom stereocenters. The first-order chi connectivity index (χ1) is 9.22. The van der Waals surface area contributed by atoms with E-state index in [9.17, 15) is 5.11 Å². The molecule has 1 saturated carbocycles. The minimum Gasteiger partial charge on any atom is -0.388 e. The molecule has 3 atom stereocenters. The number of nitrogens with zero attached hydrogens (tertiary/aromatic N) is 2. The van der Waals surface area contributed by atoms with E-state index in [1.165, 1.54) is 19.5 Å². The van der Waals surface area contributed by atoms with Crippen molar-refractivity contribution in [3.63, 3.8) is 0 Å². The molecule has 2 aliphatic rings. The van der Waals surface area contributed by atoms with Crippen molar-refractivity contribution < 1.29 is 5.11 Å². The summed E-state index contributed by atoms with van der Waals surface area (Å²) in [6, 6.07) is 4.18. The van der Waals surface area contributed by atoms with E-state index in [1.807, 2.05) is 6.92 Å². The second-order valence-electron chi connectivity index (χ2n) is 6.04. The minimum absolute atomic E-state index is 0.366. The van der Waals surface area contributed by atoms with Crippen LogP contribution in [0.25, 0.3) is 0 Å². The van der Waals surface area contributed by atoms with Crippen LogP contribution in [0.2, 0.25) is 0 Å². The van der Waals surface area contributed by atoms with Gasteiger partial charge < -0.3 is 10.0 Å². The van der Waals surface area contributed by atoms with Gasteiger partial charge in [-0.1, -0.05) is 26.3 Å². The molecule has 19 heavy (non-hydrogen) atoms. The van der Waals surface area contributed by atoms with Gasteiger partial charge in [0.15, 0.2) is 0 Å². The van der Waals surface area contributed by atoms with Crippen molar-refractivity contribution >= 4 is 5.82 Å². The Hall–Kier alpha value is -1.09. The monoisotopic (exact) mass is 260 g/mol. The lowest BCUT2D eigenvalue weighted by Crippen LogP contribution is -2.23. The van der Waals surface area contributed by atoms with E-state index in [2.05, 4.69) is 24.0 Å². The largest absolute Gasteiger partial charge is 0.388 e. The molecule has 1 N–H and O–H groups in total. The first-order valence-electron chi connectivity index (χ1n) is 7.65. The van der Waals surface area contributed by atoms with Crippen molar-refractivity contribution in [2.45, 2.75) is 45.6 Å². The van der Waals surface area contributed by atoms with Crippen LogP contribution in [0.4, 0.5) is 5.82 Å². The summed E-state index contributed by atoms with van der Waals surface area (Å²) >= 11 is 0. The Morgan fingerprint density at radius 1 is 1.32 bits per heavy atom. The zero-order chi connectivity index (χ0) is 13.4. The summed E-state index contributed by atoms with van der Waals surface area (Å²) in [4.78, 5) is 7.25. The highest BCUT2D eigenvalue weighted by molar-refractivity contribution is 5.45. The van der Waals surface area contributed by atoms with E-state index in [0.29, 0.717) is 0 Å². The Morgan fingerprint density at radius 3 is 2.68 bits per heavy atom. The van der Waals surface area contributed by atoms with Gasteiger partial charge in [-0.25, -0.2) is 4.98 Å². The van der Waals surface area contributed by atoms with Gasteiger partial charge in [0.05, 0.1) is 6.10 Å². The second kappa shape index (κ2) is 5.12. The normalized spacial score (nSPS) is 26.4. The maximum atomic E-state index is 10.1. The van der Waals surface area contributed by atoms with Gasteiger partial charge >= 0.3 is 0 Å². The average Bonchev–Trinajstić information content (AvgIpc) is 3.04. The van der Waals surface area contributed by atoms with Crippen molar-refractivity contribution in [1.82, 2.24) is 4.98 Å². The van der Waals surface area contributed by atoms with Crippen molar-refractivity contribution in [1.29, 1.82) is 0 Å². The number of aryl methyl sites for hydroxylation is 1. The predicted molar refractivity (Wildman–Crippen MR) is 77.3 cm³/mol. The van der Waals surface area contributed by atoms with E-state index < -0.39 is 0 Å². The second-order valence-corrected chi connectivity index (χ2v) is 6.04. The first-order valence-corrected chi connectivity index (χ1v) is 7.65. The van der Waals surface area contributed by atoms with Gasteiger partial charge in [0, 0.05) is 24.3 Å². The van der Waals surface area contributed by atoms with E-state index >= 15 is 0 Å². The van der Waals surface area contributed by atoms with Crippen LogP contribution in [0.1, 0.15) is 50.5 Å². The highest BCUT2D eigenvalue weighted by Gasteiger charge is 2.45. The maximum Gasteiger partial charge on any atom is 0.128 e. The average molecular weight is 260 g/mol. The van der Waals surface area contributed by atoms with Gasteiger partial charge in [-0.3, -0.25) is 0 Å². The van der Waals surface area contributed by atoms with E-state index in [0.717, 1.165) is 48.2 Å². The van der Waals surface area contributed by atoms with Gasteiger partial charge in [-0.15, -0.1) is 0 Å². The zero-order valence-electron chi connectivity index (χ0n) is 12.0. The van der Waals surface area contributed by atoms with Crippen LogP contribution in [0.3, 0.4) is 0 Å². The van der Waals surface area contributed by atoms with Crippen molar-refractivity contribution in [3.05, 3.63) is 23.4 Å². The Kier molecular flexibility index (Phi) is 3.48. The number of aliphatic hydroxyl groups is 1. The van der Waals surface area contributed by atoms with Crippen LogP contribution in [-0.2, 0) is 6.42 Å². The fourth-order valence-electron chi connectivity index (χ4n) is 3.22. The standard InChI is InChI=1S/C16H24N2O/c1-3-5-14-13(15(19)4-2)6-7-16(17-14)18-9-11-8-12(11)10-18/h6-7,11-12,15,19H,3-5,8-10H2,1-2H3. The van der Waals surface area contributed by atoms with Crippen LogP contribution >= 0.6 is 0 Å². The fraction of sp³-hybridized carbons (Fsp3) is 0.688. The Labute approximate surface area is 115 Å². The summed E-state index contributed by atoms with van der Waals surface area (Å²) in [6.07, 6.45) is 3.85. The molecule has 1 aliphatic carbocycles. The molecule has 2 heterocycles. The molecule has 2 fully saturated rings. The lowest BCUT2D eigenvalue weighted by atomic mass is 10.0. The molecular weight excluding hydrogens is 236 g/mol. The summed E-state index contributed by atoms with van der Waals surface area (Å²) < 4.78 is 0. The van der Waals surface area contributed by atoms with Gasteiger partial charge in [-0.2, -0.15) is 0 Å². The lowest BCUT2D eigenvalue weighted by molar-refractivity contribution is 0.172. The number of pyridine rings is 1. The van der Waals surface area contributed by atoms with Crippen molar-refractivity contribution in [2.24, 2.45) is 11.8 Å². The summed E-state index contributed by atoms with van der Waals surface area (Å²) in [5.74, 6) is 2.97. The molecule has 1 aromatic rings. The zero-order valence-corrected chi connectivity index (χ0v) is 12.0. The number of anilines is 1. The molecule has 1 saturated heterocycles. The highest BCUT2D eigenvalue weighted by atomic mass is 16.3. The van der Waals surface area contributed by atoms with E-state index in [4.69, 9.17) is 4.98 Å². The van der Waals surface area contributed by atoms with Crippen LogP contribution in [-0.4, -0.2) is 23.2 Å². The minimum atomic E-state index is -0.366. The molecule has 0 aromatic carbocycles. The smallest absolute Gasteiger partial charge is 0.128 e. The Morgan fingerprint density at radius 2 is 2.05 bits per heavy atom. The van der Waals surface area contributed by atoms with Gasteiger partial charge in [0.2, 0.25) is 0 Å². The molecule has 3 heteroatoms. The third kappa shape index (κ3) is 2.48. The van der Waals surface area contributed by atoms with Gasteiger partial charge in [0.25, 0.3) is 0 Å². The molecule has 104 valence electrons. The molecule has 3 nitrogen and oxygen atoms in total. The predicted octanol–water partition coefficient (Wildman–Crippen LogP) is 2.93.